The molecule has 0 aliphatic carbocycles. The van der Waals surface area contributed by atoms with E-state index in [1.54, 1.807) is 19.2 Å². The van der Waals surface area contributed by atoms with Gasteiger partial charge in [-0.1, -0.05) is 11.6 Å². The summed E-state index contributed by atoms with van der Waals surface area (Å²) < 4.78 is 20.0. The number of halogens is 1. The van der Waals surface area contributed by atoms with Crippen LogP contribution in [0.5, 0.6) is 10.9 Å². The van der Waals surface area contributed by atoms with Gasteiger partial charge in [0.25, 0.3) is 5.19 Å². The van der Waals surface area contributed by atoms with Gasteiger partial charge in [-0.25, -0.2) is 4.79 Å². The van der Waals surface area contributed by atoms with E-state index in [0.29, 0.717) is 40.4 Å². The Morgan fingerprint density at radius 3 is 2.96 bits per heavy atom. The Kier molecular flexibility index (Phi) is 4.61. The molecule has 0 radical (unpaired) electrons. The van der Waals surface area contributed by atoms with Gasteiger partial charge in [0.15, 0.2) is 5.75 Å². The average molecular weight is 353 g/mol. The van der Waals surface area contributed by atoms with Crippen LogP contribution in [0.2, 0.25) is 5.02 Å². The molecule has 0 saturated heterocycles. The van der Waals surface area contributed by atoms with Crippen LogP contribution in [0.1, 0.15) is 11.4 Å². The van der Waals surface area contributed by atoms with Crippen LogP contribution < -0.4 is 10.4 Å². The van der Waals surface area contributed by atoms with Gasteiger partial charge >= 0.3 is 5.63 Å². The lowest BCUT2D eigenvalue weighted by molar-refractivity contribution is 0.200. The molecule has 2 aromatic heterocycles. The van der Waals surface area contributed by atoms with Crippen molar-refractivity contribution in [3.63, 3.8) is 0 Å². The Bertz CT molecular complexity index is 906. The molecule has 1 aromatic carbocycles. The largest absolute Gasteiger partial charge is 0.428 e. The topological polar surface area (TPSA) is 74.5 Å². The minimum absolute atomic E-state index is 0.363. The summed E-state index contributed by atoms with van der Waals surface area (Å²) in [6, 6.07) is 4.71. The number of nitrogens with zero attached hydrogens (tertiary/aromatic N) is 2. The normalized spacial score (nSPS) is 11.1. The molecule has 23 heavy (non-hydrogen) atoms. The number of hydrogen-bond acceptors (Lipinski definition) is 7. The third kappa shape index (κ3) is 3.52. The molecule has 0 atom stereocenters. The number of methoxy groups -OCH3 is 1. The Balaban J connectivity index is 1.92. The minimum Gasteiger partial charge on any atom is -0.428 e. The highest BCUT2D eigenvalue weighted by molar-refractivity contribution is 7.07. The third-order valence-corrected chi connectivity index (χ3v) is 4.11. The van der Waals surface area contributed by atoms with E-state index in [1.807, 2.05) is 6.92 Å². The molecule has 0 saturated carbocycles. The van der Waals surface area contributed by atoms with E-state index in [4.69, 9.17) is 25.5 Å². The van der Waals surface area contributed by atoms with E-state index in [0.717, 1.165) is 22.5 Å². The van der Waals surface area contributed by atoms with Crippen molar-refractivity contribution in [2.45, 2.75) is 13.3 Å². The first-order valence-corrected chi connectivity index (χ1v) is 7.95. The Labute approximate surface area is 140 Å². The summed E-state index contributed by atoms with van der Waals surface area (Å²) in [6.45, 7) is 2.36. The van der Waals surface area contributed by atoms with Gasteiger partial charge in [-0.3, -0.25) is 0 Å². The summed E-state index contributed by atoms with van der Waals surface area (Å²) in [6.07, 6.45) is 0.607. The van der Waals surface area contributed by atoms with Crippen molar-refractivity contribution in [3.05, 3.63) is 45.0 Å². The van der Waals surface area contributed by atoms with Crippen LogP contribution in [-0.2, 0) is 11.2 Å². The predicted molar refractivity (Wildman–Crippen MR) is 87.8 cm³/mol. The second-order valence-electron chi connectivity index (χ2n) is 4.85. The molecule has 0 aliphatic rings. The summed E-state index contributed by atoms with van der Waals surface area (Å²) >= 11 is 7.37. The zero-order valence-corrected chi connectivity index (χ0v) is 14.0. The van der Waals surface area contributed by atoms with Crippen molar-refractivity contribution in [2.24, 2.45) is 0 Å². The van der Waals surface area contributed by atoms with Gasteiger partial charge < -0.3 is 13.9 Å². The Hall–Kier alpha value is -1.96. The van der Waals surface area contributed by atoms with Crippen molar-refractivity contribution in [2.75, 3.05) is 13.7 Å². The van der Waals surface area contributed by atoms with Crippen LogP contribution in [0, 0.1) is 6.92 Å². The van der Waals surface area contributed by atoms with Crippen molar-refractivity contribution >= 4 is 34.1 Å². The number of aromatic nitrogens is 2. The number of ether oxygens (including phenoxy) is 2. The van der Waals surface area contributed by atoms with Crippen molar-refractivity contribution in [1.82, 2.24) is 9.36 Å². The Morgan fingerprint density at radius 2 is 2.17 bits per heavy atom. The number of rotatable bonds is 5. The van der Waals surface area contributed by atoms with Crippen LogP contribution in [0.3, 0.4) is 0 Å². The smallest absolute Gasteiger partial charge is 0.336 e. The molecule has 120 valence electrons. The van der Waals surface area contributed by atoms with E-state index in [1.165, 1.54) is 6.07 Å². The van der Waals surface area contributed by atoms with Crippen LogP contribution in [0.25, 0.3) is 11.0 Å². The lowest BCUT2D eigenvalue weighted by Gasteiger charge is -2.06. The maximum Gasteiger partial charge on any atom is 0.336 e. The number of aryl methyl sites for hydroxylation is 1. The molecule has 3 aromatic rings. The van der Waals surface area contributed by atoms with Crippen molar-refractivity contribution in [3.8, 4) is 10.9 Å². The molecule has 3 rings (SSSR count). The molecule has 6 nitrogen and oxygen atoms in total. The first-order valence-electron chi connectivity index (χ1n) is 6.80. The summed E-state index contributed by atoms with van der Waals surface area (Å²) in [5.41, 5.74) is 0.794. The second-order valence-corrected chi connectivity index (χ2v) is 5.97. The summed E-state index contributed by atoms with van der Waals surface area (Å²) in [5, 5.41) is 1.54. The van der Waals surface area contributed by atoms with Crippen LogP contribution >= 0.6 is 23.1 Å². The molecule has 2 heterocycles. The number of fused-ring (bicyclic) bond motifs is 1. The van der Waals surface area contributed by atoms with Crippen LogP contribution in [0.15, 0.2) is 27.4 Å². The Morgan fingerprint density at radius 1 is 1.35 bits per heavy atom. The molecule has 8 heteroatoms. The SMILES string of the molecule is COCCc1nsc(Oc2cc3oc(=O)cc(C)c3cc2Cl)n1. The molecular weight excluding hydrogens is 340 g/mol. The highest BCUT2D eigenvalue weighted by Gasteiger charge is 2.12. The molecule has 0 aliphatic heterocycles. The summed E-state index contributed by atoms with van der Waals surface area (Å²) in [7, 11) is 1.62. The molecular formula is C15H13ClN2O4S. The lowest BCUT2D eigenvalue weighted by atomic mass is 10.1. The first-order chi connectivity index (χ1) is 11.1. The number of benzene rings is 1. The molecule has 0 unspecified atom stereocenters. The van der Waals surface area contributed by atoms with E-state index >= 15 is 0 Å². The zero-order valence-electron chi connectivity index (χ0n) is 12.5. The van der Waals surface area contributed by atoms with E-state index in [-0.39, 0.29) is 0 Å². The summed E-state index contributed by atoms with van der Waals surface area (Å²) in [4.78, 5) is 15.7. The standard InChI is InChI=1S/C15H13ClN2O4S/c1-8-5-14(19)21-11-7-12(10(16)6-9(8)11)22-15-17-13(18-23-15)3-4-20-2/h5-7H,3-4H2,1-2H3. The van der Waals surface area contributed by atoms with Gasteiger partial charge in [-0.2, -0.15) is 9.36 Å². The quantitative estimate of drug-likeness (QED) is 0.653. The van der Waals surface area contributed by atoms with Gasteiger partial charge in [0, 0.05) is 42.6 Å². The zero-order chi connectivity index (χ0) is 16.4. The van der Waals surface area contributed by atoms with Gasteiger partial charge in [0.1, 0.15) is 11.4 Å². The van der Waals surface area contributed by atoms with Crippen LogP contribution in [-0.4, -0.2) is 23.1 Å². The maximum absolute atomic E-state index is 11.5. The van der Waals surface area contributed by atoms with Gasteiger partial charge in [0.2, 0.25) is 0 Å². The maximum atomic E-state index is 11.5. The fraction of sp³-hybridized carbons (Fsp3) is 0.267. The lowest BCUT2D eigenvalue weighted by Crippen LogP contribution is -1.98. The fourth-order valence-corrected chi connectivity index (χ4v) is 2.86. The molecule has 0 fully saturated rings. The number of hydrogen-bond donors (Lipinski definition) is 0. The van der Waals surface area contributed by atoms with Gasteiger partial charge in [0.05, 0.1) is 11.6 Å². The average Bonchev–Trinajstić information content (AvgIpc) is 2.94. The highest BCUT2D eigenvalue weighted by Crippen LogP contribution is 2.34. The van der Waals surface area contributed by atoms with Gasteiger partial charge in [-0.05, 0) is 18.6 Å². The van der Waals surface area contributed by atoms with E-state index < -0.39 is 5.63 Å². The first kappa shape index (κ1) is 15.9. The van der Waals surface area contributed by atoms with Gasteiger partial charge in [-0.15, -0.1) is 0 Å². The highest BCUT2D eigenvalue weighted by atomic mass is 35.5. The van der Waals surface area contributed by atoms with E-state index in [2.05, 4.69) is 9.36 Å². The summed E-state index contributed by atoms with van der Waals surface area (Å²) in [5.74, 6) is 1.01. The predicted octanol–water partition coefficient (Wildman–Crippen LogP) is 3.59. The molecule has 0 bridgehead atoms. The minimum atomic E-state index is -0.416. The fourth-order valence-electron chi connectivity index (χ4n) is 2.07. The third-order valence-electron chi connectivity index (χ3n) is 3.18. The molecule has 0 N–H and O–H groups in total. The van der Waals surface area contributed by atoms with Crippen molar-refractivity contribution in [1.29, 1.82) is 0 Å². The van der Waals surface area contributed by atoms with Crippen LogP contribution in [0.4, 0.5) is 0 Å². The van der Waals surface area contributed by atoms with Crippen molar-refractivity contribution < 1.29 is 13.9 Å². The van der Waals surface area contributed by atoms with E-state index in [9.17, 15) is 4.79 Å². The monoisotopic (exact) mass is 352 g/mol. The molecule has 0 spiro atoms. The molecule has 0 amide bonds. The second kappa shape index (κ2) is 6.66.